The molecule has 4 aliphatic carbocycles. The summed E-state index contributed by atoms with van der Waals surface area (Å²) in [5, 5.41) is 0. The fourth-order valence-corrected chi connectivity index (χ4v) is 5.40. The zero-order valence-corrected chi connectivity index (χ0v) is 15.6. The van der Waals surface area contributed by atoms with Gasteiger partial charge in [0.25, 0.3) is 0 Å². The van der Waals surface area contributed by atoms with Crippen molar-refractivity contribution < 1.29 is 23.8 Å². The summed E-state index contributed by atoms with van der Waals surface area (Å²) >= 11 is 0. The summed E-state index contributed by atoms with van der Waals surface area (Å²) in [5.74, 6) is 1.27. The highest BCUT2D eigenvalue weighted by Crippen LogP contribution is 2.60. The van der Waals surface area contributed by atoms with Crippen molar-refractivity contribution >= 4 is 11.9 Å². The molecule has 25 heavy (non-hydrogen) atoms. The minimum atomic E-state index is -0.510. The Balaban J connectivity index is 1.63. The van der Waals surface area contributed by atoms with Gasteiger partial charge in [-0.3, -0.25) is 0 Å². The number of carbonyl (C=O) groups is 2. The van der Waals surface area contributed by atoms with Crippen molar-refractivity contribution in [1.29, 1.82) is 0 Å². The van der Waals surface area contributed by atoms with Crippen LogP contribution in [0.25, 0.3) is 0 Å². The third kappa shape index (κ3) is 4.08. The molecule has 0 amide bonds. The first kappa shape index (κ1) is 18.4. The minimum Gasteiger partial charge on any atom is -0.458 e. The van der Waals surface area contributed by atoms with Crippen molar-refractivity contribution in [3.05, 3.63) is 12.7 Å². The van der Waals surface area contributed by atoms with Gasteiger partial charge in [-0.1, -0.05) is 6.58 Å². The van der Waals surface area contributed by atoms with Crippen molar-refractivity contribution in [2.24, 2.45) is 23.7 Å². The van der Waals surface area contributed by atoms with E-state index < -0.39 is 11.2 Å². The number of hydrogen-bond acceptors (Lipinski definition) is 5. The van der Waals surface area contributed by atoms with Crippen LogP contribution in [-0.2, 0) is 23.8 Å². The van der Waals surface area contributed by atoms with Crippen LogP contribution in [0.4, 0.5) is 0 Å². The Labute approximate surface area is 150 Å². The first-order valence-electron chi connectivity index (χ1n) is 9.36. The van der Waals surface area contributed by atoms with Crippen LogP contribution in [-0.4, -0.2) is 36.4 Å². The lowest BCUT2D eigenvalue weighted by Crippen LogP contribution is -2.60. The molecule has 5 nitrogen and oxygen atoms in total. The Bertz CT molecular complexity index is 533. The molecule has 0 N–H and O–H groups in total. The van der Waals surface area contributed by atoms with E-state index in [9.17, 15) is 9.59 Å². The van der Waals surface area contributed by atoms with Gasteiger partial charge in [0.15, 0.2) is 0 Å². The average molecular weight is 350 g/mol. The van der Waals surface area contributed by atoms with Crippen LogP contribution in [0.3, 0.4) is 0 Å². The van der Waals surface area contributed by atoms with Crippen LogP contribution in [0, 0.1) is 23.7 Å². The summed E-state index contributed by atoms with van der Waals surface area (Å²) < 4.78 is 16.9. The molecule has 140 valence electrons. The van der Waals surface area contributed by atoms with Crippen molar-refractivity contribution in [2.45, 2.75) is 64.1 Å². The fourth-order valence-electron chi connectivity index (χ4n) is 5.40. The molecule has 4 saturated carbocycles. The van der Waals surface area contributed by atoms with Crippen molar-refractivity contribution in [2.75, 3.05) is 13.2 Å². The number of carbonyl (C=O) groups excluding carboxylic acids is 2. The summed E-state index contributed by atoms with van der Waals surface area (Å²) in [5.41, 5.74) is -0.947. The Kier molecular flexibility index (Phi) is 4.97. The molecular formula is C20H30O5. The van der Waals surface area contributed by atoms with Gasteiger partial charge < -0.3 is 14.2 Å². The standard InChI is InChI=1S/C20H30O5/c1-5-17(21)25-20-9-13-6-14(10-20)8-15(7-13)16(20)11-23-12-18(22)24-19(2,3)4/h5,13-16H,1,6-12H2,2-4H3. The summed E-state index contributed by atoms with van der Waals surface area (Å²) in [7, 11) is 0. The van der Waals surface area contributed by atoms with E-state index in [0.717, 1.165) is 12.8 Å². The molecule has 4 aliphatic rings. The van der Waals surface area contributed by atoms with Crippen LogP contribution in [0.2, 0.25) is 0 Å². The van der Waals surface area contributed by atoms with Crippen LogP contribution >= 0.6 is 0 Å². The molecule has 0 spiro atoms. The molecule has 4 bridgehead atoms. The quantitative estimate of drug-likeness (QED) is 0.543. The molecule has 4 rings (SSSR count). The maximum atomic E-state index is 11.9. The Morgan fingerprint density at radius 2 is 1.80 bits per heavy atom. The van der Waals surface area contributed by atoms with E-state index in [2.05, 4.69) is 6.58 Å². The van der Waals surface area contributed by atoms with Gasteiger partial charge in [0.1, 0.15) is 17.8 Å². The van der Waals surface area contributed by atoms with E-state index in [1.165, 1.54) is 25.3 Å². The Morgan fingerprint density at radius 1 is 1.16 bits per heavy atom. The molecule has 4 fully saturated rings. The predicted octanol–water partition coefficient (Wildman–Crippen LogP) is 3.27. The second kappa shape index (κ2) is 6.75. The third-order valence-electron chi connectivity index (χ3n) is 5.86. The van der Waals surface area contributed by atoms with Crippen molar-refractivity contribution in [3.8, 4) is 0 Å². The number of ether oxygens (including phenoxy) is 3. The maximum absolute atomic E-state index is 11.9. The maximum Gasteiger partial charge on any atom is 0.332 e. The molecular weight excluding hydrogens is 320 g/mol. The Morgan fingerprint density at radius 3 is 2.36 bits per heavy atom. The first-order chi connectivity index (χ1) is 11.7. The molecule has 0 aromatic heterocycles. The van der Waals surface area contributed by atoms with Gasteiger partial charge in [0.05, 0.1) is 6.61 Å². The molecule has 3 unspecified atom stereocenters. The summed E-state index contributed by atoms with van der Waals surface area (Å²) in [6.07, 6.45) is 6.71. The van der Waals surface area contributed by atoms with Gasteiger partial charge >= 0.3 is 11.9 Å². The van der Waals surface area contributed by atoms with Gasteiger partial charge in [-0.25, -0.2) is 9.59 Å². The lowest BCUT2D eigenvalue weighted by atomic mass is 9.50. The monoisotopic (exact) mass is 350 g/mol. The molecule has 3 atom stereocenters. The zero-order chi connectivity index (χ0) is 18.2. The molecule has 0 heterocycles. The molecule has 0 aliphatic heterocycles. The predicted molar refractivity (Wildman–Crippen MR) is 92.7 cm³/mol. The largest absolute Gasteiger partial charge is 0.458 e. The van der Waals surface area contributed by atoms with E-state index in [1.54, 1.807) is 0 Å². The molecule has 0 radical (unpaired) electrons. The first-order valence-corrected chi connectivity index (χ1v) is 9.36. The smallest absolute Gasteiger partial charge is 0.332 e. The van der Waals surface area contributed by atoms with Crippen LogP contribution in [0.1, 0.15) is 52.9 Å². The van der Waals surface area contributed by atoms with Gasteiger partial charge in [-0.15, -0.1) is 0 Å². The lowest BCUT2D eigenvalue weighted by Gasteiger charge is -2.60. The average Bonchev–Trinajstić information content (AvgIpc) is 2.47. The van der Waals surface area contributed by atoms with E-state index in [1.807, 2.05) is 20.8 Å². The summed E-state index contributed by atoms with van der Waals surface area (Å²) in [4.78, 5) is 23.8. The van der Waals surface area contributed by atoms with Gasteiger partial charge in [0.2, 0.25) is 0 Å². The van der Waals surface area contributed by atoms with Gasteiger partial charge in [0, 0.05) is 12.0 Å². The van der Waals surface area contributed by atoms with Gasteiger partial charge in [-0.05, 0) is 70.6 Å². The highest BCUT2D eigenvalue weighted by atomic mass is 16.6. The molecule has 0 aromatic carbocycles. The number of rotatable bonds is 6. The van der Waals surface area contributed by atoms with E-state index in [4.69, 9.17) is 14.2 Å². The fraction of sp³-hybridized carbons (Fsp3) is 0.800. The number of esters is 2. The second-order valence-corrected chi connectivity index (χ2v) is 9.01. The lowest BCUT2D eigenvalue weighted by molar-refractivity contribution is -0.214. The van der Waals surface area contributed by atoms with Crippen LogP contribution in [0.5, 0.6) is 0 Å². The highest BCUT2D eigenvalue weighted by molar-refractivity contribution is 5.81. The van der Waals surface area contributed by atoms with Crippen molar-refractivity contribution in [3.63, 3.8) is 0 Å². The van der Waals surface area contributed by atoms with Gasteiger partial charge in [-0.2, -0.15) is 0 Å². The molecule has 5 heteroatoms. The van der Waals surface area contributed by atoms with Crippen LogP contribution < -0.4 is 0 Å². The number of hydrogen-bond donors (Lipinski definition) is 0. The molecule has 0 saturated heterocycles. The summed E-state index contributed by atoms with van der Waals surface area (Å²) in [6.45, 7) is 9.44. The zero-order valence-electron chi connectivity index (χ0n) is 15.6. The van der Waals surface area contributed by atoms with Crippen LogP contribution in [0.15, 0.2) is 12.7 Å². The topological polar surface area (TPSA) is 61.8 Å². The summed E-state index contributed by atoms with van der Waals surface area (Å²) in [6, 6.07) is 0. The minimum absolute atomic E-state index is 0.0567. The van der Waals surface area contributed by atoms with E-state index in [-0.39, 0.29) is 24.5 Å². The Hall–Kier alpha value is -1.36. The third-order valence-corrected chi connectivity index (χ3v) is 5.86. The van der Waals surface area contributed by atoms with E-state index in [0.29, 0.717) is 24.4 Å². The SMILES string of the molecule is C=CC(=O)OC12CC3CC(CC(C3)C1COCC(=O)OC(C)(C)C)C2. The normalized spacial score (nSPS) is 36.1. The molecule has 0 aromatic rings. The van der Waals surface area contributed by atoms with E-state index >= 15 is 0 Å². The second-order valence-electron chi connectivity index (χ2n) is 9.01. The highest BCUT2D eigenvalue weighted by Gasteiger charge is 2.59. The van der Waals surface area contributed by atoms with Crippen molar-refractivity contribution in [1.82, 2.24) is 0 Å².